The molecule has 1 atom stereocenters. The van der Waals surface area contributed by atoms with Gasteiger partial charge in [-0.15, -0.1) is 11.3 Å². The molecule has 122 valence electrons. The zero-order valence-electron chi connectivity index (χ0n) is 13.0. The van der Waals surface area contributed by atoms with Crippen LogP contribution in [0.4, 0.5) is 10.5 Å². The number of rotatable bonds is 6. The van der Waals surface area contributed by atoms with E-state index >= 15 is 0 Å². The van der Waals surface area contributed by atoms with Crippen molar-refractivity contribution < 1.29 is 14.3 Å². The lowest BCUT2D eigenvalue weighted by Gasteiger charge is -2.40. The van der Waals surface area contributed by atoms with Gasteiger partial charge >= 0.3 is 6.03 Å². The number of thiophene rings is 1. The van der Waals surface area contributed by atoms with Gasteiger partial charge in [0.1, 0.15) is 12.4 Å². The van der Waals surface area contributed by atoms with E-state index in [2.05, 4.69) is 11.4 Å². The molecule has 1 unspecified atom stereocenters. The first-order valence-electron chi connectivity index (χ1n) is 7.61. The van der Waals surface area contributed by atoms with Crippen molar-refractivity contribution >= 4 is 23.1 Å². The van der Waals surface area contributed by atoms with Gasteiger partial charge in [-0.25, -0.2) is 4.79 Å². The number of benzene rings is 1. The lowest BCUT2D eigenvalue weighted by atomic mass is 10.0. The molecule has 2 aromatic rings. The molecule has 2 amide bonds. The number of likely N-dealkylation sites (tertiary alicyclic amines) is 1. The highest BCUT2D eigenvalue weighted by atomic mass is 32.1. The third kappa shape index (κ3) is 3.83. The molecule has 5 nitrogen and oxygen atoms in total. The molecule has 0 aliphatic carbocycles. The molecule has 1 aromatic heterocycles. The molecule has 23 heavy (non-hydrogen) atoms. The fourth-order valence-electron chi connectivity index (χ4n) is 2.51. The minimum absolute atomic E-state index is 0.0660. The minimum Gasteiger partial charge on any atom is -0.491 e. The number of urea groups is 1. The number of amides is 2. The Morgan fingerprint density at radius 2 is 2.26 bits per heavy atom. The van der Waals surface area contributed by atoms with Crippen molar-refractivity contribution in [2.45, 2.75) is 12.5 Å². The molecule has 1 aliphatic rings. The van der Waals surface area contributed by atoms with E-state index in [1.807, 2.05) is 40.6 Å². The summed E-state index contributed by atoms with van der Waals surface area (Å²) in [5, 5.41) is 4.99. The highest BCUT2D eigenvalue weighted by Crippen LogP contribution is 2.36. The highest BCUT2D eigenvalue weighted by Gasteiger charge is 2.33. The maximum atomic E-state index is 12.4. The molecule has 0 radical (unpaired) electrons. The van der Waals surface area contributed by atoms with Crippen LogP contribution in [0, 0.1) is 0 Å². The molecule has 6 heteroatoms. The van der Waals surface area contributed by atoms with Gasteiger partial charge in [-0.1, -0.05) is 12.1 Å². The average Bonchev–Trinajstić information content (AvgIpc) is 3.00. The van der Waals surface area contributed by atoms with Crippen LogP contribution < -0.4 is 10.1 Å². The number of nitrogens with one attached hydrogen (secondary N) is 1. The van der Waals surface area contributed by atoms with E-state index in [0.717, 1.165) is 24.4 Å². The zero-order chi connectivity index (χ0) is 16.1. The smallest absolute Gasteiger partial charge is 0.322 e. The first kappa shape index (κ1) is 15.8. The lowest BCUT2D eigenvalue weighted by Crippen LogP contribution is -2.46. The van der Waals surface area contributed by atoms with Gasteiger partial charge in [0, 0.05) is 30.3 Å². The van der Waals surface area contributed by atoms with Gasteiger partial charge in [0.05, 0.1) is 12.6 Å². The van der Waals surface area contributed by atoms with Gasteiger partial charge in [-0.2, -0.15) is 0 Å². The number of ether oxygens (including phenoxy) is 2. The first-order chi connectivity index (χ1) is 11.3. The van der Waals surface area contributed by atoms with Crippen molar-refractivity contribution in [3.8, 4) is 5.75 Å². The third-order valence-electron chi connectivity index (χ3n) is 3.79. The van der Waals surface area contributed by atoms with Crippen LogP contribution in [0.15, 0.2) is 41.8 Å². The van der Waals surface area contributed by atoms with Crippen LogP contribution in [0.25, 0.3) is 0 Å². The number of carbonyl (C=O) groups excluding carboxylic acids is 1. The molecule has 3 rings (SSSR count). The van der Waals surface area contributed by atoms with Crippen molar-refractivity contribution in [2.75, 3.05) is 32.2 Å². The van der Waals surface area contributed by atoms with Crippen LogP contribution >= 0.6 is 11.3 Å². The molecule has 1 aromatic carbocycles. The lowest BCUT2D eigenvalue weighted by molar-refractivity contribution is 0.128. The Hall–Kier alpha value is -2.05. The quantitative estimate of drug-likeness (QED) is 0.820. The van der Waals surface area contributed by atoms with Crippen LogP contribution in [0.1, 0.15) is 17.3 Å². The SMILES string of the molecule is COCCOc1cccc(NC(=O)N2CCC2c2cccs2)c1. The Morgan fingerprint density at radius 3 is 2.96 bits per heavy atom. The molecule has 0 saturated carbocycles. The van der Waals surface area contributed by atoms with Crippen molar-refractivity contribution in [3.63, 3.8) is 0 Å². The number of carbonyl (C=O) groups is 1. The number of hydrogen-bond donors (Lipinski definition) is 1. The maximum Gasteiger partial charge on any atom is 0.322 e. The first-order valence-corrected chi connectivity index (χ1v) is 8.48. The Morgan fingerprint density at radius 1 is 1.35 bits per heavy atom. The summed E-state index contributed by atoms with van der Waals surface area (Å²) in [6.45, 7) is 1.81. The van der Waals surface area contributed by atoms with Crippen LogP contribution in [0.5, 0.6) is 5.75 Å². The molecule has 1 N–H and O–H groups in total. The molecular weight excluding hydrogens is 312 g/mol. The molecule has 1 aliphatic heterocycles. The van der Waals surface area contributed by atoms with Crippen LogP contribution in [-0.4, -0.2) is 37.8 Å². The van der Waals surface area contributed by atoms with E-state index in [-0.39, 0.29) is 12.1 Å². The summed E-state index contributed by atoms with van der Waals surface area (Å²) < 4.78 is 10.5. The Balaban J connectivity index is 1.58. The summed E-state index contributed by atoms with van der Waals surface area (Å²) in [6.07, 6.45) is 1.02. The van der Waals surface area contributed by atoms with Crippen LogP contribution in [0.3, 0.4) is 0 Å². The van der Waals surface area contributed by atoms with Gasteiger partial charge < -0.3 is 19.7 Å². The molecule has 1 saturated heterocycles. The number of methoxy groups -OCH3 is 1. The third-order valence-corrected chi connectivity index (χ3v) is 4.77. The van der Waals surface area contributed by atoms with E-state index in [0.29, 0.717) is 13.2 Å². The maximum absolute atomic E-state index is 12.4. The Bertz CT molecular complexity index is 645. The highest BCUT2D eigenvalue weighted by molar-refractivity contribution is 7.10. The predicted molar refractivity (Wildman–Crippen MR) is 91.2 cm³/mol. The number of hydrogen-bond acceptors (Lipinski definition) is 4. The second-order valence-corrected chi connectivity index (χ2v) is 6.29. The molecule has 1 fully saturated rings. The molecule has 0 spiro atoms. The molecule has 2 heterocycles. The van der Waals surface area contributed by atoms with E-state index in [1.165, 1.54) is 4.88 Å². The van der Waals surface area contributed by atoms with Crippen LogP contribution in [0.2, 0.25) is 0 Å². The fourth-order valence-corrected chi connectivity index (χ4v) is 3.38. The van der Waals surface area contributed by atoms with Gasteiger partial charge in [-0.05, 0) is 30.0 Å². The Labute approximate surface area is 139 Å². The molecular formula is C17H20N2O3S. The summed E-state index contributed by atoms with van der Waals surface area (Å²) in [7, 11) is 1.64. The van der Waals surface area contributed by atoms with Gasteiger partial charge in [0.25, 0.3) is 0 Å². The summed E-state index contributed by atoms with van der Waals surface area (Å²) in [5.74, 6) is 0.721. The normalized spacial score (nSPS) is 16.7. The largest absolute Gasteiger partial charge is 0.491 e. The second kappa shape index (κ2) is 7.48. The van der Waals surface area contributed by atoms with Gasteiger partial charge in [-0.3, -0.25) is 0 Å². The standard InChI is InChI=1S/C17H20N2O3S/c1-21-9-10-22-14-5-2-4-13(12-14)18-17(20)19-8-7-15(19)16-6-3-11-23-16/h2-6,11-12,15H,7-10H2,1H3,(H,18,20). The van der Waals surface area contributed by atoms with Crippen molar-refractivity contribution in [1.29, 1.82) is 0 Å². The predicted octanol–water partition coefficient (Wildman–Crippen LogP) is 3.75. The number of nitrogens with zero attached hydrogens (tertiary/aromatic N) is 1. The van der Waals surface area contributed by atoms with E-state index in [1.54, 1.807) is 18.4 Å². The second-order valence-electron chi connectivity index (χ2n) is 5.31. The van der Waals surface area contributed by atoms with Crippen LogP contribution in [-0.2, 0) is 4.74 Å². The summed E-state index contributed by atoms with van der Waals surface area (Å²) in [5.41, 5.74) is 0.738. The van der Waals surface area contributed by atoms with Crippen molar-refractivity contribution in [1.82, 2.24) is 4.90 Å². The monoisotopic (exact) mass is 332 g/mol. The van der Waals surface area contributed by atoms with E-state index in [4.69, 9.17) is 9.47 Å². The minimum atomic E-state index is -0.0660. The summed E-state index contributed by atoms with van der Waals surface area (Å²) >= 11 is 1.69. The van der Waals surface area contributed by atoms with E-state index in [9.17, 15) is 4.79 Å². The number of anilines is 1. The van der Waals surface area contributed by atoms with Crippen molar-refractivity contribution in [3.05, 3.63) is 46.7 Å². The zero-order valence-corrected chi connectivity index (χ0v) is 13.8. The van der Waals surface area contributed by atoms with Crippen molar-refractivity contribution in [2.24, 2.45) is 0 Å². The Kier molecular flexibility index (Phi) is 5.15. The summed E-state index contributed by atoms with van der Waals surface area (Å²) in [6, 6.07) is 11.7. The summed E-state index contributed by atoms with van der Waals surface area (Å²) in [4.78, 5) is 15.5. The topological polar surface area (TPSA) is 50.8 Å². The molecule has 0 bridgehead atoms. The fraction of sp³-hybridized carbons (Fsp3) is 0.353. The van der Waals surface area contributed by atoms with Gasteiger partial charge in [0.2, 0.25) is 0 Å². The average molecular weight is 332 g/mol. The van der Waals surface area contributed by atoms with E-state index < -0.39 is 0 Å². The van der Waals surface area contributed by atoms with Gasteiger partial charge in [0.15, 0.2) is 0 Å².